The molecule has 8 heteroatoms. The van der Waals surface area contributed by atoms with Gasteiger partial charge in [-0.15, -0.1) is 6.58 Å². The molecule has 0 aliphatic heterocycles. The lowest BCUT2D eigenvalue weighted by atomic mass is 10.2. The molecule has 0 aromatic heterocycles. The summed E-state index contributed by atoms with van der Waals surface area (Å²) in [4.78, 5) is 12.2. The van der Waals surface area contributed by atoms with Gasteiger partial charge in [0.2, 0.25) is 10.0 Å². The number of nitrogens with one attached hydrogen (secondary N) is 1. The van der Waals surface area contributed by atoms with Crippen LogP contribution in [0.2, 0.25) is 5.02 Å². The number of rotatable bonds is 10. The molecule has 0 saturated carbocycles. The summed E-state index contributed by atoms with van der Waals surface area (Å²) in [5.41, 5.74) is 2.05. The lowest BCUT2D eigenvalue weighted by Crippen LogP contribution is -2.30. The second-order valence-electron chi connectivity index (χ2n) is 6.03. The molecule has 0 spiro atoms. The predicted molar refractivity (Wildman–Crippen MR) is 119 cm³/mol. The lowest BCUT2D eigenvalue weighted by molar-refractivity contribution is 0.0956. The van der Waals surface area contributed by atoms with E-state index >= 15 is 0 Å². The zero-order valence-corrected chi connectivity index (χ0v) is 18.0. The lowest BCUT2D eigenvalue weighted by Gasteiger charge is -2.20. The van der Waals surface area contributed by atoms with Gasteiger partial charge < -0.3 is 5.32 Å². The third-order valence-electron chi connectivity index (χ3n) is 3.86. The second-order valence-corrected chi connectivity index (χ2v) is 9.45. The van der Waals surface area contributed by atoms with Crippen LogP contribution in [0.1, 0.15) is 15.9 Å². The Balaban J connectivity index is 1.84. The van der Waals surface area contributed by atoms with Crippen LogP contribution >= 0.6 is 23.4 Å². The summed E-state index contributed by atoms with van der Waals surface area (Å²) in [6.45, 7) is 4.28. The maximum absolute atomic E-state index is 12.2. The molecule has 0 fully saturated rings. The average molecular weight is 439 g/mol. The second kappa shape index (κ2) is 10.5. The van der Waals surface area contributed by atoms with Gasteiger partial charge in [0, 0.05) is 28.6 Å². The van der Waals surface area contributed by atoms with E-state index in [4.69, 9.17) is 11.6 Å². The van der Waals surface area contributed by atoms with Gasteiger partial charge in [0.25, 0.3) is 5.91 Å². The molecule has 0 heterocycles. The molecular weight excluding hydrogens is 416 g/mol. The van der Waals surface area contributed by atoms with Gasteiger partial charge in [-0.3, -0.25) is 9.10 Å². The van der Waals surface area contributed by atoms with Crippen molar-refractivity contribution in [3.8, 4) is 0 Å². The molecule has 0 aliphatic carbocycles. The van der Waals surface area contributed by atoms with E-state index in [-0.39, 0.29) is 12.5 Å². The van der Waals surface area contributed by atoms with Crippen LogP contribution in [0.15, 0.2) is 61.2 Å². The fourth-order valence-electron chi connectivity index (χ4n) is 2.46. The van der Waals surface area contributed by atoms with E-state index in [0.717, 1.165) is 28.3 Å². The van der Waals surface area contributed by atoms with Crippen molar-refractivity contribution in [1.29, 1.82) is 0 Å². The van der Waals surface area contributed by atoms with Crippen LogP contribution < -0.4 is 9.62 Å². The Bertz CT molecular complexity index is 915. The van der Waals surface area contributed by atoms with E-state index < -0.39 is 10.0 Å². The first-order chi connectivity index (χ1) is 13.3. The fourth-order valence-corrected chi connectivity index (χ4v) is 4.49. The Morgan fingerprint density at radius 3 is 2.50 bits per heavy atom. The largest absolute Gasteiger partial charge is 0.351 e. The van der Waals surface area contributed by atoms with Gasteiger partial charge in [-0.2, -0.15) is 11.8 Å². The standard InChI is InChI=1S/C20H23ClN2O3S2/c1-3-13-23(28(2,25)26)18-10-8-16(9-11-18)20(24)22-12-14-27-15-17-6-4-5-7-19(17)21/h3-11H,1,12-15H2,2H3,(H,22,24). The summed E-state index contributed by atoms with van der Waals surface area (Å²) in [7, 11) is -3.41. The van der Waals surface area contributed by atoms with Crippen molar-refractivity contribution in [3.05, 3.63) is 77.3 Å². The summed E-state index contributed by atoms with van der Waals surface area (Å²) in [5.74, 6) is 1.35. The number of benzene rings is 2. The zero-order chi connectivity index (χ0) is 20.6. The number of thioether (sulfide) groups is 1. The van der Waals surface area contributed by atoms with Crippen LogP contribution in [-0.2, 0) is 15.8 Å². The third kappa shape index (κ3) is 6.58. The molecule has 2 aromatic carbocycles. The van der Waals surface area contributed by atoms with Crippen molar-refractivity contribution in [3.63, 3.8) is 0 Å². The van der Waals surface area contributed by atoms with Crippen molar-refractivity contribution in [2.45, 2.75) is 5.75 Å². The quantitative estimate of drug-likeness (QED) is 0.450. The number of carbonyl (C=O) groups is 1. The van der Waals surface area contributed by atoms with Crippen molar-refractivity contribution in [2.24, 2.45) is 0 Å². The zero-order valence-electron chi connectivity index (χ0n) is 15.6. The van der Waals surface area contributed by atoms with Gasteiger partial charge in [0.1, 0.15) is 0 Å². The number of sulfonamides is 1. The molecule has 1 amide bonds. The van der Waals surface area contributed by atoms with Crippen molar-refractivity contribution >= 4 is 45.0 Å². The molecule has 28 heavy (non-hydrogen) atoms. The summed E-state index contributed by atoms with van der Waals surface area (Å²) in [6.07, 6.45) is 2.65. The molecule has 1 N–H and O–H groups in total. The van der Waals surface area contributed by atoms with Crippen LogP contribution in [0.5, 0.6) is 0 Å². The van der Waals surface area contributed by atoms with E-state index in [1.807, 2.05) is 24.3 Å². The van der Waals surface area contributed by atoms with Crippen LogP contribution in [0.4, 0.5) is 5.69 Å². The molecule has 0 bridgehead atoms. The van der Waals surface area contributed by atoms with E-state index in [1.165, 1.54) is 10.4 Å². The van der Waals surface area contributed by atoms with Gasteiger partial charge >= 0.3 is 0 Å². The van der Waals surface area contributed by atoms with Crippen molar-refractivity contribution < 1.29 is 13.2 Å². The molecule has 2 aromatic rings. The number of hydrogen-bond acceptors (Lipinski definition) is 4. The molecule has 2 rings (SSSR count). The van der Waals surface area contributed by atoms with Crippen molar-refractivity contribution in [1.82, 2.24) is 5.32 Å². The van der Waals surface area contributed by atoms with Gasteiger partial charge in [-0.25, -0.2) is 8.42 Å². The monoisotopic (exact) mass is 438 g/mol. The molecular formula is C20H23ClN2O3S2. The Labute approximate surface area is 175 Å². The summed E-state index contributed by atoms with van der Waals surface area (Å²) in [5, 5.41) is 3.61. The number of nitrogens with zero attached hydrogens (tertiary/aromatic N) is 1. The summed E-state index contributed by atoms with van der Waals surface area (Å²) in [6, 6.07) is 14.2. The highest BCUT2D eigenvalue weighted by Gasteiger charge is 2.16. The fraction of sp³-hybridized carbons (Fsp3) is 0.250. The van der Waals surface area contributed by atoms with Crippen LogP contribution in [0.25, 0.3) is 0 Å². The summed E-state index contributed by atoms with van der Waals surface area (Å²) >= 11 is 7.81. The topological polar surface area (TPSA) is 66.5 Å². The number of anilines is 1. The highest BCUT2D eigenvalue weighted by molar-refractivity contribution is 7.98. The number of carbonyl (C=O) groups excluding carboxylic acids is 1. The van der Waals surface area contributed by atoms with Crippen LogP contribution in [-0.4, -0.2) is 39.4 Å². The minimum Gasteiger partial charge on any atom is -0.351 e. The normalized spacial score (nSPS) is 11.1. The van der Waals surface area contributed by atoms with E-state index in [2.05, 4.69) is 11.9 Å². The maximum atomic E-state index is 12.2. The number of halogens is 1. The Hall–Kier alpha value is -1.96. The van der Waals surface area contributed by atoms with Gasteiger partial charge in [-0.05, 0) is 35.9 Å². The Morgan fingerprint density at radius 1 is 1.21 bits per heavy atom. The molecule has 0 atom stereocenters. The minimum absolute atomic E-state index is 0.174. The maximum Gasteiger partial charge on any atom is 0.251 e. The average Bonchev–Trinajstić information content (AvgIpc) is 2.66. The Kier molecular flexibility index (Phi) is 8.41. The van der Waals surface area contributed by atoms with E-state index in [9.17, 15) is 13.2 Å². The first-order valence-electron chi connectivity index (χ1n) is 8.61. The van der Waals surface area contributed by atoms with Crippen molar-refractivity contribution in [2.75, 3.05) is 29.4 Å². The molecule has 0 unspecified atom stereocenters. The van der Waals surface area contributed by atoms with E-state index in [0.29, 0.717) is 17.8 Å². The first-order valence-corrected chi connectivity index (χ1v) is 12.0. The SMILES string of the molecule is C=CCN(c1ccc(C(=O)NCCSCc2ccccc2Cl)cc1)S(C)(=O)=O. The van der Waals surface area contributed by atoms with Crippen LogP contribution in [0.3, 0.4) is 0 Å². The predicted octanol–water partition coefficient (Wildman–Crippen LogP) is 3.96. The van der Waals surface area contributed by atoms with Gasteiger partial charge in [0.15, 0.2) is 0 Å². The highest BCUT2D eigenvalue weighted by atomic mass is 35.5. The van der Waals surface area contributed by atoms with Gasteiger partial charge in [0.05, 0.1) is 18.5 Å². The molecule has 0 radical (unpaired) electrons. The third-order valence-corrected chi connectivity index (χ3v) is 6.40. The number of amides is 1. The highest BCUT2D eigenvalue weighted by Crippen LogP contribution is 2.21. The van der Waals surface area contributed by atoms with E-state index in [1.54, 1.807) is 36.0 Å². The summed E-state index contributed by atoms with van der Waals surface area (Å²) < 4.78 is 24.9. The number of hydrogen-bond donors (Lipinski definition) is 1. The smallest absolute Gasteiger partial charge is 0.251 e. The molecule has 5 nitrogen and oxygen atoms in total. The first kappa shape index (κ1) is 22.3. The minimum atomic E-state index is -3.41. The molecule has 0 aliphatic rings. The van der Waals surface area contributed by atoms with Crippen LogP contribution in [0, 0.1) is 0 Å². The molecule has 0 saturated heterocycles. The van der Waals surface area contributed by atoms with Gasteiger partial charge in [-0.1, -0.05) is 35.9 Å². The molecule has 150 valence electrons. The Morgan fingerprint density at radius 2 is 1.89 bits per heavy atom.